The molecule has 0 bridgehead atoms. The van der Waals surface area contributed by atoms with Gasteiger partial charge in [0.05, 0.1) is 0 Å². The van der Waals surface area contributed by atoms with E-state index in [4.69, 9.17) is 5.11 Å². The molecule has 17 heavy (non-hydrogen) atoms. The van der Waals surface area contributed by atoms with Gasteiger partial charge in [-0.25, -0.2) is 4.98 Å². The van der Waals surface area contributed by atoms with Gasteiger partial charge in [-0.2, -0.15) is 0 Å². The van der Waals surface area contributed by atoms with Gasteiger partial charge in [-0.3, -0.25) is 0 Å². The van der Waals surface area contributed by atoms with E-state index in [9.17, 15) is 0 Å². The van der Waals surface area contributed by atoms with Gasteiger partial charge in [-0.05, 0) is 30.9 Å². The first-order valence-corrected chi connectivity index (χ1v) is 6.32. The Labute approximate surface area is 103 Å². The Bertz CT molecular complexity index is 317. The second-order valence-corrected chi connectivity index (χ2v) is 4.33. The fourth-order valence-corrected chi connectivity index (χ4v) is 1.49. The topological polar surface area (TPSA) is 57.2 Å². The van der Waals surface area contributed by atoms with Crippen molar-refractivity contribution >= 4 is 11.6 Å². The summed E-state index contributed by atoms with van der Waals surface area (Å²) >= 11 is 0. The number of hydrogen-bond donors (Lipinski definition) is 3. The lowest BCUT2D eigenvalue weighted by Crippen LogP contribution is -2.13. The van der Waals surface area contributed by atoms with E-state index in [2.05, 4.69) is 29.5 Å². The first kappa shape index (κ1) is 13.8. The SMILES string of the molecule is CCCNc1cccc(NCC(C)CCO)n1. The van der Waals surface area contributed by atoms with Crippen LogP contribution in [0, 0.1) is 5.92 Å². The van der Waals surface area contributed by atoms with Crippen LogP contribution in [0.25, 0.3) is 0 Å². The number of aromatic nitrogens is 1. The summed E-state index contributed by atoms with van der Waals surface area (Å²) in [6.45, 7) is 6.27. The summed E-state index contributed by atoms with van der Waals surface area (Å²) in [5, 5.41) is 15.4. The molecule has 0 aliphatic heterocycles. The number of pyridine rings is 1. The van der Waals surface area contributed by atoms with E-state index in [0.29, 0.717) is 5.92 Å². The lowest BCUT2D eigenvalue weighted by molar-refractivity contribution is 0.266. The van der Waals surface area contributed by atoms with Gasteiger partial charge in [0, 0.05) is 19.7 Å². The van der Waals surface area contributed by atoms with E-state index in [1.165, 1.54) is 0 Å². The maximum Gasteiger partial charge on any atom is 0.128 e. The zero-order valence-electron chi connectivity index (χ0n) is 10.7. The molecule has 0 fully saturated rings. The molecule has 0 aromatic carbocycles. The summed E-state index contributed by atoms with van der Waals surface area (Å²) in [6.07, 6.45) is 1.91. The normalized spacial score (nSPS) is 12.2. The molecule has 3 N–H and O–H groups in total. The average molecular weight is 237 g/mol. The van der Waals surface area contributed by atoms with E-state index in [0.717, 1.165) is 37.6 Å². The van der Waals surface area contributed by atoms with Gasteiger partial charge in [0.25, 0.3) is 0 Å². The van der Waals surface area contributed by atoms with Crippen molar-refractivity contribution in [2.45, 2.75) is 26.7 Å². The molecule has 4 nitrogen and oxygen atoms in total. The molecule has 1 rings (SSSR count). The molecule has 0 radical (unpaired) electrons. The van der Waals surface area contributed by atoms with Gasteiger partial charge in [0.1, 0.15) is 11.6 Å². The molecule has 0 saturated heterocycles. The van der Waals surface area contributed by atoms with Crippen LogP contribution in [0.3, 0.4) is 0 Å². The first-order valence-electron chi connectivity index (χ1n) is 6.32. The van der Waals surface area contributed by atoms with Crippen LogP contribution in [0.5, 0.6) is 0 Å². The Morgan fingerprint density at radius 2 is 2.00 bits per heavy atom. The Morgan fingerprint density at radius 3 is 2.65 bits per heavy atom. The molecular formula is C13H23N3O. The summed E-state index contributed by atoms with van der Waals surface area (Å²) < 4.78 is 0. The Kier molecular flexibility index (Phi) is 6.40. The van der Waals surface area contributed by atoms with Gasteiger partial charge in [0.15, 0.2) is 0 Å². The largest absolute Gasteiger partial charge is 0.396 e. The van der Waals surface area contributed by atoms with Crippen LogP contribution < -0.4 is 10.6 Å². The van der Waals surface area contributed by atoms with E-state index in [1.54, 1.807) is 0 Å². The van der Waals surface area contributed by atoms with Gasteiger partial charge in [-0.15, -0.1) is 0 Å². The highest BCUT2D eigenvalue weighted by Gasteiger charge is 2.02. The van der Waals surface area contributed by atoms with E-state index in [1.807, 2.05) is 18.2 Å². The predicted octanol–water partition coefficient (Wildman–Crippen LogP) is 2.33. The fraction of sp³-hybridized carbons (Fsp3) is 0.615. The van der Waals surface area contributed by atoms with Crippen molar-refractivity contribution in [1.29, 1.82) is 0 Å². The molecule has 0 amide bonds. The quantitative estimate of drug-likeness (QED) is 0.649. The molecule has 4 heteroatoms. The van der Waals surface area contributed by atoms with Crippen LogP contribution in [0.1, 0.15) is 26.7 Å². The Balaban J connectivity index is 2.42. The summed E-state index contributed by atoms with van der Waals surface area (Å²) in [5.74, 6) is 2.25. The fourth-order valence-electron chi connectivity index (χ4n) is 1.49. The van der Waals surface area contributed by atoms with Crippen molar-refractivity contribution in [1.82, 2.24) is 4.98 Å². The highest BCUT2D eigenvalue weighted by atomic mass is 16.3. The number of hydrogen-bond acceptors (Lipinski definition) is 4. The maximum absolute atomic E-state index is 8.82. The third-order valence-corrected chi connectivity index (χ3v) is 2.56. The van der Waals surface area contributed by atoms with Crippen molar-refractivity contribution in [3.05, 3.63) is 18.2 Å². The smallest absolute Gasteiger partial charge is 0.128 e. The van der Waals surface area contributed by atoms with Gasteiger partial charge >= 0.3 is 0 Å². The molecule has 1 unspecified atom stereocenters. The molecule has 1 heterocycles. The number of nitrogens with zero attached hydrogens (tertiary/aromatic N) is 1. The maximum atomic E-state index is 8.82. The predicted molar refractivity (Wildman–Crippen MR) is 72.4 cm³/mol. The molecule has 0 aliphatic carbocycles. The third-order valence-electron chi connectivity index (χ3n) is 2.56. The van der Waals surface area contributed by atoms with Crippen LogP contribution in [0.15, 0.2) is 18.2 Å². The number of aliphatic hydroxyl groups excluding tert-OH is 1. The van der Waals surface area contributed by atoms with Crippen LogP contribution >= 0.6 is 0 Å². The zero-order valence-corrected chi connectivity index (χ0v) is 10.7. The number of anilines is 2. The minimum atomic E-state index is 0.244. The molecule has 96 valence electrons. The van der Waals surface area contributed by atoms with Crippen molar-refractivity contribution < 1.29 is 5.11 Å². The van der Waals surface area contributed by atoms with E-state index in [-0.39, 0.29) is 6.61 Å². The highest BCUT2D eigenvalue weighted by Crippen LogP contribution is 2.10. The highest BCUT2D eigenvalue weighted by molar-refractivity contribution is 5.44. The molecule has 1 atom stereocenters. The molecule has 0 spiro atoms. The summed E-state index contributed by atoms with van der Waals surface area (Å²) in [5.41, 5.74) is 0. The second-order valence-electron chi connectivity index (χ2n) is 4.33. The van der Waals surface area contributed by atoms with Crippen molar-refractivity contribution in [2.75, 3.05) is 30.3 Å². The first-order chi connectivity index (χ1) is 8.26. The zero-order chi connectivity index (χ0) is 12.5. The number of aliphatic hydroxyl groups is 1. The second kappa shape index (κ2) is 7.90. The molecule has 0 aliphatic rings. The van der Waals surface area contributed by atoms with Crippen LogP contribution in [-0.4, -0.2) is 29.8 Å². The Hall–Kier alpha value is -1.29. The lowest BCUT2D eigenvalue weighted by atomic mass is 10.1. The molecule has 0 saturated carbocycles. The van der Waals surface area contributed by atoms with Crippen molar-refractivity contribution in [3.8, 4) is 0 Å². The van der Waals surface area contributed by atoms with Crippen LogP contribution in [0.2, 0.25) is 0 Å². The third kappa shape index (κ3) is 5.54. The van der Waals surface area contributed by atoms with Gasteiger partial charge in [0.2, 0.25) is 0 Å². The average Bonchev–Trinajstić information content (AvgIpc) is 2.35. The van der Waals surface area contributed by atoms with Crippen LogP contribution in [-0.2, 0) is 0 Å². The van der Waals surface area contributed by atoms with Crippen molar-refractivity contribution in [3.63, 3.8) is 0 Å². The van der Waals surface area contributed by atoms with E-state index >= 15 is 0 Å². The van der Waals surface area contributed by atoms with Crippen LogP contribution in [0.4, 0.5) is 11.6 Å². The lowest BCUT2D eigenvalue weighted by Gasteiger charge is -2.12. The minimum absolute atomic E-state index is 0.244. The monoisotopic (exact) mass is 237 g/mol. The summed E-state index contributed by atoms with van der Waals surface area (Å²) in [4.78, 5) is 4.46. The van der Waals surface area contributed by atoms with Crippen molar-refractivity contribution in [2.24, 2.45) is 5.92 Å². The molecular weight excluding hydrogens is 214 g/mol. The van der Waals surface area contributed by atoms with Gasteiger partial charge in [-0.1, -0.05) is 19.9 Å². The van der Waals surface area contributed by atoms with Gasteiger partial charge < -0.3 is 15.7 Å². The van der Waals surface area contributed by atoms with E-state index < -0.39 is 0 Å². The minimum Gasteiger partial charge on any atom is -0.396 e. The Morgan fingerprint density at radius 1 is 1.29 bits per heavy atom. The standard InChI is InChI=1S/C13H23N3O/c1-3-8-14-12-5-4-6-13(16-12)15-10-11(2)7-9-17/h4-6,11,17H,3,7-10H2,1-2H3,(H2,14,15,16). The summed E-state index contributed by atoms with van der Waals surface area (Å²) in [7, 11) is 0. The molecule has 1 aromatic rings. The molecule has 1 aromatic heterocycles. The number of rotatable bonds is 8. The number of nitrogens with one attached hydrogen (secondary N) is 2. The summed E-state index contributed by atoms with van der Waals surface area (Å²) in [6, 6.07) is 5.92.